The summed E-state index contributed by atoms with van der Waals surface area (Å²) in [7, 11) is 0. The largest absolute Gasteiger partial charge is 0.378 e. The van der Waals surface area contributed by atoms with Gasteiger partial charge in [0, 0.05) is 17.6 Å². The molecule has 3 nitrogen and oxygen atoms in total. The van der Waals surface area contributed by atoms with Gasteiger partial charge in [-0.2, -0.15) is 0 Å². The molecule has 1 saturated carbocycles. The van der Waals surface area contributed by atoms with Crippen LogP contribution in [0.25, 0.3) is 0 Å². The topological polar surface area (TPSA) is 38.3 Å². The van der Waals surface area contributed by atoms with E-state index < -0.39 is 5.82 Å². The van der Waals surface area contributed by atoms with Crippen LogP contribution in [0.15, 0.2) is 22.7 Å². The van der Waals surface area contributed by atoms with Crippen molar-refractivity contribution >= 4 is 21.8 Å². The molecule has 1 fully saturated rings. The normalized spacial score (nSPS) is 15.9. The lowest BCUT2D eigenvalue weighted by atomic mass is 9.98. The number of hydrogen-bond donors (Lipinski definition) is 1. The molecule has 0 radical (unpaired) electrons. The zero-order valence-electron chi connectivity index (χ0n) is 12.0. The standard InChI is InChI=1S/C16H21BrFNO2/c17-15-8-7-12(18)11-14(15)16(20)19-9-4-10-21-13-5-2-1-3-6-13/h7-8,11,13H,1-6,9-10H2,(H,19,20). The van der Waals surface area contributed by atoms with Gasteiger partial charge in [0.25, 0.3) is 5.91 Å². The molecule has 1 aromatic rings. The third-order valence-corrected chi connectivity index (χ3v) is 4.38. The maximum Gasteiger partial charge on any atom is 0.252 e. The van der Waals surface area contributed by atoms with E-state index in [9.17, 15) is 9.18 Å². The van der Waals surface area contributed by atoms with E-state index in [1.165, 1.54) is 37.5 Å². The average Bonchev–Trinajstić information content (AvgIpc) is 2.50. The second-order valence-corrected chi connectivity index (χ2v) is 6.22. The van der Waals surface area contributed by atoms with Gasteiger partial charge in [0.15, 0.2) is 0 Å². The summed E-state index contributed by atoms with van der Waals surface area (Å²) < 4.78 is 19.5. The van der Waals surface area contributed by atoms with Crippen LogP contribution in [0.2, 0.25) is 0 Å². The van der Waals surface area contributed by atoms with Crippen molar-refractivity contribution in [3.63, 3.8) is 0 Å². The Morgan fingerprint density at radius 3 is 2.86 bits per heavy atom. The highest BCUT2D eigenvalue weighted by molar-refractivity contribution is 9.10. The summed E-state index contributed by atoms with van der Waals surface area (Å²) in [6.07, 6.45) is 7.31. The molecule has 1 amide bonds. The first-order chi connectivity index (χ1) is 10.2. The Kier molecular flexibility index (Phi) is 6.64. The van der Waals surface area contributed by atoms with Gasteiger partial charge in [0.1, 0.15) is 5.82 Å². The van der Waals surface area contributed by atoms with Gasteiger partial charge in [-0.1, -0.05) is 19.3 Å². The molecular weight excluding hydrogens is 337 g/mol. The van der Waals surface area contributed by atoms with Gasteiger partial charge in [0.2, 0.25) is 0 Å². The first kappa shape index (κ1) is 16.4. The summed E-state index contributed by atoms with van der Waals surface area (Å²) >= 11 is 3.25. The minimum Gasteiger partial charge on any atom is -0.378 e. The molecule has 2 rings (SSSR count). The van der Waals surface area contributed by atoms with Crippen molar-refractivity contribution in [2.24, 2.45) is 0 Å². The minimum atomic E-state index is -0.413. The van der Waals surface area contributed by atoms with Gasteiger partial charge in [-0.3, -0.25) is 4.79 Å². The molecule has 0 atom stereocenters. The number of hydrogen-bond acceptors (Lipinski definition) is 2. The lowest BCUT2D eigenvalue weighted by molar-refractivity contribution is 0.0273. The molecule has 116 valence electrons. The summed E-state index contributed by atoms with van der Waals surface area (Å²) in [5.41, 5.74) is 0.322. The van der Waals surface area contributed by atoms with Crippen LogP contribution in [-0.2, 0) is 4.74 Å². The highest BCUT2D eigenvalue weighted by atomic mass is 79.9. The Hall–Kier alpha value is -0.940. The molecule has 21 heavy (non-hydrogen) atoms. The second kappa shape index (κ2) is 8.49. The van der Waals surface area contributed by atoms with Gasteiger partial charge in [0.05, 0.1) is 11.7 Å². The molecule has 0 spiro atoms. The molecule has 1 aliphatic rings. The quantitative estimate of drug-likeness (QED) is 0.779. The molecule has 5 heteroatoms. The third-order valence-electron chi connectivity index (χ3n) is 3.69. The van der Waals surface area contributed by atoms with Crippen molar-refractivity contribution in [3.05, 3.63) is 34.1 Å². The number of carbonyl (C=O) groups is 1. The first-order valence-corrected chi connectivity index (χ1v) is 8.31. The maximum absolute atomic E-state index is 13.1. The predicted molar refractivity (Wildman–Crippen MR) is 83.9 cm³/mol. The van der Waals surface area contributed by atoms with Gasteiger partial charge in [-0.25, -0.2) is 4.39 Å². The van der Waals surface area contributed by atoms with E-state index in [-0.39, 0.29) is 5.91 Å². The molecule has 0 saturated heterocycles. The van der Waals surface area contributed by atoms with Crippen molar-refractivity contribution in [1.29, 1.82) is 0 Å². The number of ether oxygens (including phenoxy) is 1. The van der Waals surface area contributed by atoms with Crippen molar-refractivity contribution < 1.29 is 13.9 Å². The Balaban J connectivity index is 1.66. The van der Waals surface area contributed by atoms with Crippen LogP contribution >= 0.6 is 15.9 Å². The fourth-order valence-corrected chi connectivity index (χ4v) is 2.95. The number of nitrogens with one attached hydrogen (secondary N) is 1. The van der Waals surface area contributed by atoms with Crippen LogP contribution in [0.5, 0.6) is 0 Å². The minimum absolute atomic E-state index is 0.265. The molecule has 0 aromatic heterocycles. The molecule has 0 unspecified atom stereocenters. The van der Waals surface area contributed by atoms with Crippen LogP contribution < -0.4 is 5.32 Å². The van der Waals surface area contributed by atoms with E-state index in [1.807, 2.05) is 0 Å². The number of benzene rings is 1. The number of rotatable bonds is 6. The van der Waals surface area contributed by atoms with Crippen molar-refractivity contribution in [2.75, 3.05) is 13.2 Å². The van der Waals surface area contributed by atoms with Crippen molar-refractivity contribution in [1.82, 2.24) is 5.32 Å². The Morgan fingerprint density at radius 1 is 1.33 bits per heavy atom. The smallest absolute Gasteiger partial charge is 0.252 e. The summed E-state index contributed by atoms with van der Waals surface area (Å²) in [5, 5.41) is 2.79. The second-order valence-electron chi connectivity index (χ2n) is 5.36. The van der Waals surface area contributed by atoms with E-state index in [0.29, 0.717) is 29.3 Å². The molecule has 0 aliphatic heterocycles. The van der Waals surface area contributed by atoms with Gasteiger partial charge in [-0.05, 0) is 53.4 Å². The van der Waals surface area contributed by atoms with Crippen molar-refractivity contribution in [2.45, 2.75) is 44.6 Å². The van der Waals surface area contributed by atoms with Crippen LogP contribution in [0.1, 0.15) is 48.9 Å². The molecule has 1 aliphatic carbocycles. The molecule has 1 aromatic carbocycles. The predicted octanol–water partition coefficient (Wildman–Crippen LogP) is 4.06. The average molecular weight is 358 g/mol. The molecule has 0 bridgehead atoms. The summed E-state index contributed by atoms with van der Waals surface area (Å²) in [4.78, 5) is 11.9. The van der Waals surface area contributed by atoms with Crippen LogP contribution in [0.4, 0.5) is 4.39 Å². The molecule has 0 heterocycles. The number of carbonyl (C=O) groups excluding carboxylic acids is 1. The van der Waals surface area contributed by atoms with Crippen LogP contribution in [-0.4, -0.2) is 25.2 Å². The fraction of sp³-hybridized carbons (Fsp3) is 0.562. The van der Waals surface area contributed by atoms with Crippen LogP contribution in [0, 0.1) is 5.82 Å². The third kappa shape index (κ3) is 5.40. The summed E-state index contributed by atoms with van der Waals surface area (Å²) in [6.45, 7) is 1.20. The lowest BCUT2D eigenvalue weighted by Crippen LogP contribution is -2.26. The first-order valence-electron chi connectivity index (χ1n) is 7.51. The highest BCUT2D eigenvalue weighted by Crippen LogP contribution is 2.20. The van der Waals surface area contributed by atoms with E-state index in [0.717, 1.165) is 19.3 Å². The van der Waals surface area contributed by atoms with Gasteiger partial charge in [-0.15, -0.1) is 0 Å². The van der Waals surface area contributed by atoms with Gasteiger partial charge >= 0.3 is 0 Å². The van der Waals surface area contributed by atoms with Crippen molar-refractivity contribution in [3.8, 4) is 0 Å². The Labute approximate surface area is 133 Å². The van der Waals surface area contributed by atoms with E-state index >= 15 is 0 Å². The fourth-order valence-electron chi connectivity index (χ4n) is 2.52. The summed E-state index contributed by atoms with van der Waals surface area (Å²) in [6, 6.07) is 4.09. The van der Waals surface area contributed by atoms with Gasteiger partial charge < -0.3 is 10.1 Å². The lowest BCUT2D eigenvalue weighted by Gasteiger charge is -2.21. The Morgan fingerprint density at radius 2 is 2.10 bits per heavy atom. The molecule has 1 N–H and O–H groups in total. The SMILES string of the molecule is O=C(NCCCOC1CCCCC1)c1cc(F)ccc1Br. The monoisotopic (exact) mass is 357 g/mol. The van der Waals surface area contributed by atoms with E-state index in [2.05, 4.69) is 21.2 Å². The van der Waals surface area contributed by atoms with E-state index in [1.54, 1.807) is 0 Å². The highest BCUT2D eigenvalue weighted by Gasteiger charge is 2.13. The molecular formula is C16H21BrFNO2. The van der Waals surface area contributed by atoms with Crippen LogP contribution in [0.3, 0.4) is 0 Å². The Bertz CT molecular complexity index is 475. The zero-order chi connectivity index (χ0) is 15.1. The zero-order valence-corrected chi connectivity index (χ0v) is 13.6. The summed E-state index contributed by atoms with van der Waals surface area (Å²) in [5.74, 6) is -0.678. The number of halogens is 2. The van der Waals surface area contributed by atoms with E-state index in [4.69, 9.17) is 4.74 Å². The number of amides is 1. The maximum atomic E-state index is 13.1.